The van der Waals surface area contributed by atoms with Crippen LogP contribution in [-0.4, -0.2) is 52.0 Å². The Bertz CT molecular complexity index is 1040. The van der Waals surface area contributed by atoms with Crippen LogP contribution in [0.15, 0.2) is 42.1 Å². The molecule has 1 amide bonds. The fraction of sp³-hybridized carbons (Fsp3) is 0.607. The topological polar surface area (TPSA) is 28.5 Å². The standard InChI is InChI=1S/C28H37N3O/c1-29-18-21(24-10-2-3-12-26(24)29)8-6-13-27(32)31-15-7-9-20-16-22-17-23(28(20)31)19-30-14-5-4-11-25(22)30/h2-3,10,12,16,18,22-23,25,28H,4-9,11,13-15,17,19H2,1H3/t22-,23+,25+,28+/m0/s1. The molecule has 0 N–H and O–H groups in total. The first-order chi connectivity index (χ1) is 15.7. The van der Waals surface area contributed by atoms with Gasteiger partial charge in [-0.15, -0.1) is 0 Å². The third kappa shape index (κ3) is 3.51. The van der Waals surface area contributed by atoms with Crippen molar-refractivity contribution in [3.8, 4) is 0 Å². The van der Waals surface area contributed by atoms with Crippen molar-refractivity contribution in [2.24, 2.45) is 18.9 Å². The summed E-state index contributed by atoms with van der Waals surface area (Å²) in [7, 11) is 2.12. The summed E-state index contributed by atoms with van der Waals surface area (Å²) in [5, 5.41) is 1.34. The molecule has 3 aliphatic heterocycles. The molecule has 0 spiro atoms. The van der Waals surface area contributed by atoms with Crippen molar-refractivity contribution < 1.29 is 4.79 Å². The highest BCUT2D eigenvalue weighted by molar-refractivity contribution is 5.84. The molecule has 4 aliphatic rings. The second-order valence-electron chi connectivity index (χ2n) is 10.7. The number of aromatic nitrogens is 1. The second-order valence-corrected chi connectivity index (χ2v) is 10.7. The lowest BCUT2D eigenvalue weighted by Crippen LogP contribution is -2.60. The number of piperidine rings is 3. The zero-order valence-corrected chi connectivity index (χ0v) is 19.5. The van der Waals surface area contributed by atoms with E-state index in [1.807, 2.05) is 0 Å². The number of nitrogens with zero attached hydrogens (tertiary/aromatic N) is 3. The summed E-state index contributed by atoms with van der Waals surface area (Å²) >= 11 is 0. The maximum atomic E-state index is 13.4. The van der Waals surface area contributed by atoms with E-state index >= 15 is 0 Å². The Morgan fingerprint density at radius 1 is 1.12 bits per heavy atom. The number of rotatable bonds is 4. The van der Waals surface area contributed by atoms with Crippen molar-refractivity contribution in [2.45, 2.75) is 69.9 Å². The first-order valence-electron chi connectivity index (χ1n) is 13.0. The molecular weight excluding hydrogens is 394 g/mol. The number of amides is 1. The molecule has 1 aromatic carbocycles. The van der Waals surface area contributed by atoms with Gasteiger partial charge in [-0.1, -0.05) is 36.3 Å². The molecule has 4 nitrogen and oxygen atoms in total. The predicted octanol–water partition coefficient (Wildman–Crippen LogP) is 4.92. The van der Waals surface area contributed by atoms with Gasteiger partial charge in [0.05, 0.1) is 6.04 Å². The first-order valence-corrected chi connectivity index (χ1v) is 13.0. The molecule has 3 fully saturated rings. The van der Waals surface area contributed by atoms with Crippen LogP contribution in [0.5, 0.6) is 0 Å². The Hall–Kier alpha value is -2.07. The molecule has 32 heavy (non-hydrogen) atoms. The van der Waals surface area contributed by atoms with E-state index in [0.717, 1.165) is 37.8 Å². The molecule has 2 aromatic rings. The molecule has 4 atom stereocenters. The van der Waals surface area contributed by atoms with Crippen LogP contribution in [0.3, 0.4) is 0 Å². The fourth-order valence-corrected chi connectivity index (χ4v) is 7.45. The van der Waals surface area contributed by atoms with Crippen LogP contribution >= 0.6 is 0 Å². The molecule has 0 radical (unpaired) electrons. The number of para-hydroxylation sites is 1. The SMILES string of the molecule is Cn1cc(CCCC(=O)N2CCCC3=C[C@H]4C[C@H](CN5CCCC[C@H]45)[C@@H]32)c2ccccc21. The number of carbonyl (C=O) groups is 1. The maximum Gasteiger partial charge on any atom is 0.223 e. The van der Waals surface area contributed by atoms with Gasteiger partial charge in [-0.05, 0) is 75.0 Å². The third-order valence-corrected chi connectivity index (χ3v) is 8.79. The zero-order chi connectivity index (χ0) is 21.7. The lowest BCUT2D eigenvalue weighted by molar-refractivity contribution is -0.136. The molecule has 3 saturated heterocycles. The van der Waals surface area contributed by atoms with Crippen LogP contribution in [0.25, 0.3) is 10.9 Å². The van der Waals surface area contributed by atoms with Crippen LogP contribution in [0.2, 0.25) is 0 Å². The van der Waals surface area contributed by atoms with E-state index in [1.165, 1.54) is 61.7 Å². The van der Waals surface area contributed by atoms with Crippen LogP contribution in [0.4, 0.5) is 0 Å². The van der Waals surface area contributed by atoms with Crippen molar-refractivity contribution in [1.82, 2.24) is 14.4 Å². The molecule has 0 saturated carbocycles. The zero-order valence-electron chi connectivity index (χ0n) is 19.5. The third-order valence-electron chi connectivity index (χ3n) is 8.79. The van der Waals surface area contributed by atoms with Crippen LogP contribution < -0.4 is 0 Å². The number of hydrogen-bond acceptors (Lipinski definition) is 2. The van der Waals surface area contributed by atoms with Crippen molar-refractivity contribution in [3.63, 3.8) is 0 Å². The van der Waals surface area contributed by atoms with E-state index in [9.17, 15) is 4.79 Å². The van der Waals surface area contributed by atoms with Gasteiger partial charge in [-0.25, -0.2) is 0 Å². The van der Waals surface area contributed by atoms with Gasteiger partial charge in [-0.3, -0.25) is 9.69 Å². The Morgan fingerprint density at radius 3 is 2.97 bits per heavy atom. The van der Waals surface area contributed by atoms with Gasteiger partial charge in [0.1, 0.15) is 0 Å². The molecule has 2 bridgehead atoms. The monoisotopic (exact) mass is 431 g/mol. The molecule has 6 rings (SSSR count). The predicted molar refractivity (Wildman–Crippen MR) is 129 cm³/mol. The van der Waals surface area contributed by atoms with Gasteiger partial charge >= 0.3 is 0 Å². The molecule has 0 unspecified atom stereocenters. The average molecular weight is 432 g/mol. The Balaban J connectivity index is 1.14. The minimum atomic E-state index is 0.382. The van der Waals surface area contributed by atoms with Crippen molar-refractivity contribution in [3.05, 3.63) is 47.7 Å². The van der Waals surface area contributed by atoms with Crippen LogP contribution in [0, 0.1) is 11.8 Å². The van der Waals surface area contributed by atoms with Gasteiger partial charge in [0.15, 0.2) is 0 Å². The van der Waals surface area contributed by atoms with Gasteiger partial charge in [0.2, 0.25) is 5.91 Å². The highest BCUT2D eigenvalue weighted by atomic mass is 16.2. The van der Waals surface area contributed by atoms with E-state index in [1.54, 1.807) is 5.57 Å². The molecule has 170 valence electrons. The maximum absolute atomic E-state index is 13.4. The summed E-state index contributed by atoms with van der Waals surface area (Å²) in [6.07, 6.45) is 15.3. The Kier molecular flexibility index (Phi) is 5.37. The Morgan fingerprint density at radius 2 is 2.03 bits per heavy atom. The number of carbonyl (C=O) groups excluding carboxylic acids is 1. The normalized spacial score (nSPS) is 30.0. The first kappa shape index (κ1) is 20.5. The molecule has 4 heterocycles. The van der Waals surface area contributed by atoms with Crippen LogP contribution in [0.1, 0.15) is 56.9 Å². The summed E-state index contributed by atoms with van der Waals surface area (Å²) in [4.78, 5) is 18.5. The molecule has 1 aromatic heterocycles. The van der Waals surface area contributed by atoms with Crippen LogP contribution in [-0.2, 0) is 18.3 Å². The van der Waals surface area contributed by atoms with Gasteiger partial charge < -0.3 is 9.47 Å². The molecule has 4 heteroatoms. The highest BCUT2D eigenvalue weighted by Crippen LogP contribution is 2.45. The van der Waals surface area contributed by atoms with Crippen molar-refractivity contribution in [1.29, 1.82) is 0 Å². The lowest BCUT2D eigenvalue weighted by atomic mass is 9.68. The minimum Gasteiger partial charge on any atom is -0.350 e. The smallest absolute Gasteiger partial charge is 0.223 e. The fourth-order valence-electron chi connectivity index (χ4n) is 7.45. The average Bonchev–Trinajstić information content (AvgIpc) is 3.14. The van der Waals surface area contributed by atoms with E-state index in [4.69, 9.17) is 0 Å². The molecule has 1 aliphatic carbocycles. The number of benzene rings is 1. The summed E-state index contributed by atoms with van der Waals surface area (Å²) < 4.78 is 2.21. The van der Waals surface area contributed by atoms with Gasteiger partial charge in [0, 0.05) is 49.7 Å². The van der Waals surface area contributed by atoms with E-state index < -0.39 is 0 Å². The number of likely N-dealkylation sites (tertiary alicyclic amines) is 1. The number of hydrogen-bond donors (Lipinski definition) is 0. The van der Waals surface area contributed by atoms with Crippen molar-refractivity contribution in [2.75, 3.05) is 19.6 Å². The lowest BCUT2D eigenvalue weighted by Gasteiger charge is -2.54. The van der Waals surface area contributed by atoms with E-state index in [-0.39, 0.29) is 0 Å². The van der Waals surface area contributed by atoms with E-state index in [0.29, 0.717) is 24.3 Å². The largest absolute Gasteiger partial charge is 0.350 e. The summed E-state index contributed by atoms with van der Waals surface area (Å²) in [6.45, 7) is 3.44. The summed E-state index contributed by atoms with van der Waals surface area (Å²) in [5.74, 6) is 1.78. The van der Waals surface area contributed by atoms with Gasteiger partial charge in [0.25, 0.3) is 0 Å². The van der Waals surface area contributed by atoms with E-state index in [2.05, 4.69) is 58.0 Å². The number of fused-ring (bicyclic) bond motifs is 7. The number of aryl methyl sites for hydroxylation is 2. The Labute approximate surface area is 192 Å². The highest BCUT2D eigenvalue weighted by Gasteiger charge is 2.46. The minimum absolute atomic E-state index is 0.382. The summed E-state index contributed by atoms with van der Waals surface area (Å²) in [5.41, 5.74) is 4.26. The summed E-state index contributed by atoms with van der Waals surface area (Å²) in [6, 6.07) is 9.77. The van der Waals surface area contributed by atoms with Gasteiger partial charge in [-0.2, -0.15) is 0 Å². The van der Waals surface area contributed by atoms with Crippen molar-refractivity contribution >= 4 is 16.8 Å². The quantitative estimate of drug-likeness (QED) is 0.643. The second kappa shape index (κ2) is 8.37. The molecular formula is C28H37N3O.